The van der Waals surface area contributed by atoms with E-state index in [1.54, 1.807) is 18.2 Å². The SMILES string of the molecule is Fc1ccccc1.[Pt]. The van der Waals surface area contributed by atoms with E-state index in [4.69, 9.17) is 0 Å². The third-order valence-corrected chi connectivity index (χ3v) is 0.733. The van der Waals surface area contributed by atoms with E-state index in [-0.39, 0.29) is 26.9 Å². The van der Waals surface area contributed by atoms with Crippen molar-refractivity contribution in [1.29, 1.82) is 0 Å². The van der Waals surface area contributed by atoms with Gasteiger partial charge in [0, 0.05) is 21.1 Å². The topological polar surface area (TPSA) is 0 Å². The van der Waals surface area contributed by atoms with Gasteiger partial charge in [-0.25, -0.2) is 4.39 Å². The molecule has 1 rings (SSSR count). The number of halogens is 1. The maximum absolute atomic E-state index is 11.9. The number of benzene rings is 1. The van der Waals surface area contributed by atoms with Crippen LogP contribution in [0.3, 0.4) is 0 Å². The van der Waals surface area contributed by atoms with Crippen molar-refractivity contribution in [3.05, 3.63) is 36.1 Å². The summed E-state index contributed by atoms with van der Waals surface area (Å²) in [6, 6.07) is 7.94. The van der Waals surface area contributed by atoms with Gasteiger partial charge in [-0.2, -0.15) is 0 Å². The van der Waals surface area contributed by atoms with Gasteiger partial charge < -0.3 is 0 Å². The van der Waals surface area contributed by atoms with Crippen LogP contribution in [0.1, 0.15) is 0 Å². The molecule has 0 amide bonds. The molecule has 0 aliphatic heterocycles. The van der Waals surface area contributed by atoms with Crippen LogP contribution in [0.4, 0.5) is 4.39 Å². The second kappa shape index (κ2) is 3.79. The first-order valence-electron chi connectivity index (χ1n) is 2.10. The van der Waals surface area contributed by atoms with Crippen molar-refractivity contribution in [3.63, 3.8) is 0 Å². The third-order valence-electron chi connectivity index (χ3n) is 0.733. The van der Waals surface area contributed by atoms with Crippen molar-refractivity contribution in [2.75, 3.05) is 0 Å². The molecule has 0 aliphatic carbocycles. The van der Waals surface area contributed by atoms with Gasteiger partial charge in [0.05, 0.1) is 0 Å². The van der Waals surface area contributed by atoms with Crippen molar-refractivity contribution in [1.82, 2.24) is 0 Å². The fraction of sp³-hybridized carbons (Fsp3) is 0. The number of rotatable bonds is 0. The van der Waals surface area contributed by atoms with Crippen molar-refractivity contribution >= 4 is 0 Å². The van der Waals surface area contributed by atoms with E-state index in [9.17, 15) is 4.39 Å². The van der Waals surface area contributed by atoms with Gasteiger partial charge in [0.25, 0.3) is 0 Å². The standard InChI is InChI=1S/C6H5F.Pt/c7-6-4-2-1-3-5-6;/h1-5H;. The quantitative estimate of drug-likeness (QED) is 0.684. The van der Waals surface area contributed by atoms with Crippen molar-refractivity contribution in [3.8, 4) is 0 Å². The summed E-state index contributed by atoms with van der Waals surface area (Å²) in [5, 5.41) is 0. The van der Waals surface area contributed by atoms with E-state index in [2.05, 4.69) is 0 Å². The van der Waals surface area contributed by atoms with Crippen molar-refractivity contribution < 1.29 is 25.5 Å². The van der Waals surface area contributed by atoms with Crippen LogP contribution < -0.4 is 0 Å². The summed E-state index contributed by atoms with van der Waals surface area (Å²) in [5.41, 5.74) is 0. The molecule has 2 heteroatoms. The number of hydrogen-bond acceptors (Lipinski definition) is 0. The van der Waals surface area contributed by atoms with Gasteiger partial charge in [-0.05, 0) is 12.1 Å². The van der Waals surface area contributed by atoms with Gasteiger partial charge in [0.1, 0.15) is 5.82 Å². The Morgan fingerprint density at radius 3 is 1.75 bits per heavy atom. The number of hydrogen-bond donors (Lipinski definition) is 0. The smallest absolute Gasteiger partial charge is 0.123 e. The molecule has 8 heavy (non-hydrogen) atoms. The van der Waals surface area contributed by atoms with Crippen LogP contribution >= 0.6 is 0 Å². The average Bonchev–Trinajstić information content (AvgIpc) is 1.69. The summed E-state index contributed by atoms with van der Waals surface area (Å²) in [5.74, 6) is -0.178. The second-order valence-electron chi connectivity index (χ2n) is 1.30. The van der Waals surface area contributed by atoms with Gasteiger partial charge >= 0.3 is 0 Å². The predicted molar refractivity (Wildman–Crippen MR) is 26.4 cm³/mol. The Morgan fingerprint density at radius 1 is 1.00 bits per heavy atom. The van der Waals surface area contributed by atoms with Crippen LogP contribution in [0.15, 0.2) is 30.3 Å². The Bertz CT molecular complexity index is 138. The predicted octanol–water partition coefficient (Wildman–Crippen LogP) is 1.82. The molecule has 0 saturated carbocycles. The Hall–Kier alpha value is -0.162. The Kier molecular flexibility index (Phi) is 3.72. The maximum atomic E-state index is 11.9. The zero-order valence-electron chi connectivity index (χ0n) is 4.08. The minimum absolute atomic E-state index is 0. The molecule has 0 N–H and O–H groups in total. The first-order valence-corrected chi connectivity index (χ1v) is 2.10. The van der Waals surface area contributed by atoms with Crippen LogP contribution in [0.25, 0.3) is 0 Å². The molecule has 0 heterocycles. The molecule has 0 radical (unpaired) electrons. The van der Waals surface area contributed by atoms with E-state index in [0.29, 0.717) is 0 Å². The normalized spacial score (nSPS) is 7.62. The van der Waals surface area contributed by atoms with E-state index < -0.39 is 0 Å². The zero-order chi connectivity index (χ0) is 5.11. The molecule has 0 atom stereocenters. The fourth-order valence-electron chi connectivity index (χ4n) is 0.415. The summed E-state index contributed by atoms with van der Waals surface area (Å²) in [6.07, 6.45) is 0. The summed E-state index contributed by atoms with van der Waals surface area (Å²) in [4.78, 5) is 0. The van der Waals surface area contributed by atoms with E-state index in [1.807, 2.05) is 0 Å². The van der Waals surface area contributed by atoms with Crippen LogP contribution in [0, 0.1) is 5.82 Å². The summed E-state index contributed by atoms with van der Waals surface area (Å²) in [7, 11) is 0. The molecule has 0 aromatic heterocycles. The average molecular weight is 291 g/mol. The second-order valence-corrected chi connectivity index (χ2v) is 1.30. The molecule has 0 saturated heterocycles. The largest absolute Gasteiger partial charge is 0.207 e. The van der Waals surface area contributed by atoms with E-state index in [0.717, 1.165) is 0 Å². The first kappa shape index (κ1) is 7.84. The summed E-state index contributed by atoms with van der Waals surface area (Å²) >= 11 is 0. The molecule has 1 aromatic carbocycles. The van der Waals surface area contributed by atoms with E-state index >= 15 is 0 Å². The van der Waals surface area contributed by atoms with Crippen LogP contribution in [-0.2, 0) is 21.1 Å². The van der Waals surface area contributed by atoms with Crippen LogP contribution in [0.5, 0.6) is 0 Å². The minimum Gasteiger partial charge on any atom is -0.207 e. The Morgan fingerprint density at radius 2 is 1.50 bits per heavy atom. The van der Waals surface area contributed by atoms with Crippen LogP contribution in [-0.4, -0.2) is 0 Å². The zero-order valence-corrected chi connectivity index (χ0v) is 6.35. The van der Waals surface area contributed by atoms with Crippen molar-refractivity contribution in [2.45, 2.75) is 0 Å². The monoisotopic (exact) mass is 291 g/mol. The summed E-state index contributed by atoms with van der Waals surface area (Å²) in [6.45, 7) is 0. The van der Waals surface area contributed by atoms with Gasteiger partial charge in [-0.1, -0.05) is 18.2 Å². The molecular weight excluding hydrogens is 286 g/mol. The molecular formula is C6H5FPt. The van der Waals surface area contributed by atoms with Gasteiger partial charge in [0.15, 0.2) is 0 Å². The molecule has 0 fully saturated rings. The van der Waals surface area contributed by atoms with Crippen LogP contribution in [0.2, 0.25) is 0 Å². The molecule has 0 aliphatic rings. The van der Waals surface area contributed by atoms with Gasteiger partial charge in [0.2, 0.25) is 0 Å². The van der Waals surface area contributed by atoms with Crippen molar-refractivity contribution in [2.24, 2.45) is 0 Å². The van der Waals surface area contributed by atoms with E-state index in [1.165, 1.54) is 12.1 Å². The summed E-state index contributed by atoms with van der Waals surface area (Å²) < 4.78 is 11.9. The third kappa shape index (κ3) is 2.22. The molecule has 46 valence electrons. The fourth-order valence-corrected chi connectivity index (χ4v) is 0.415. The first-order chi connectivity index (χ1) is 3.39. The van der Waals surface area contributed by atoms with Gasteiger partial charge in [-0.3, -0.25) is 0 Å². The Labute approximate surface area is 62.0 Å². The molecule has 1 aromatic rings. The Balaban J connectivity index is 0.000000490. The minimum atomic E-state index is -0.178. The molecule has 0 unspecified atom stereocenters. The molecule has 0 nitrogen and oxygen atoms in total. The van der Waals surface area contributed by atoms with Gasteiger partial charge in [-0.15, -0.1) is 0 Å². The molecule has 0 spiro atoms. The maximum Gasteiger partial charge on any atom is 0.123 e. The molecule has 0 bridgehead atoms.